The molecule has 5 rings (SSSR count). The number of hydrogen-bond donors (Lipinski definition) is 1. The first kappa shape index (κ1) is 19.3. The molecule has 4 aliphatic rings. The molecule has 1 aliphatic heterocycles. The summed E-state index contributed by atoms with van der Waals surface area (Å²) in [5.74, 6) is 1.05. The van der Waals surface area contributed by atoms with Crippen LogP contribution < -0.4 is 5.73 Å². The lowest BCUT2D eigenvalue weighted by atomic mass is 9.63. The molecule has 5 nitrogen and oxygen atoms in total. The zero-order valence-corrected chi connectivity index (χ0v) is 17.6. The van der Waals surface area contributed by atoms with E-state index in [0.717, 1.165) is 61.4 Å². The first-order chi connectivity index (χ1) is 14.1. The summed E-state index contributed by atoms with van der Waals surface area (Å²) in [4.78, 5) is 24.2. The van der Waals surface area contributed by atoms with Crippen LogP contribution in [0.25, 0.3) is 0 Å². The molecule has 6 heteroatoms. The number of allylic oxidation sites excluding steroid dienone is 4. The molecule has 1 aromatic rings. The Balaban J connectivity index is 1.31. The molecule has 0 saturated heterocycles. The van der Waals surface area contributed by atoms with Crippen LogP contribution in [-0.2, 0) is 6.42 Å². The minimum absolute atomic E-state index is 0.0967. The zero-order chi connectivity index (χ0) is 20.0. The molecule has 0 spiro atoms. The van der Waals surface area contributed by atoms with Crippen molar-refractivity contribution in [3.05, 3.63) is 46.5 Å². The molecule has 0 radical (unpaired) electrons. The van der Waals surface area contributed by atoms with Crippen molar-refractivity contribution in [3.63, 3.8) is 0 Å². The van der Waals surface area contributed by atoms with E-state index in [9.17, 15) is 4.79 Å². The molecular formula is C23H29ClN4O. The van der Waals surface area contributed by atoms with E-state index in [2.05, 4.69) is 27.0 Å². The Kier molecular flexibility index (Phi) is 4.99. The van der Waals surface area contributed by atoms with Crippen LogP contribution in [0.4, 0.5) is 0 Å². The van der Waals surface area contributed by atoms with Gasteiger partial charge in [-0.1, -0.05) is 23.8 Å². The summed E-state index contributed by atoms with van der Waals surface area (Å²) in [6.45, 7) is 1.46. The molecule has 0 bridgehead atoms. The Hall–Kier alpha value is -1.72. The highest BCUT2D eigenvalue weighted by atomic mass is 35.5. The largest absolute Gasteiger partial charge is 0.334 e. The lowest BCUT2D eigenvalue weighted by Gasteiger charge is -2.47. The standard InChI is InChI=1S/C23H29ClN4O/c24-17-3-1-2-16(12-17)23(13-25)9-6-18(7-10-23)28-11-8-19-20(15-4-5-15)26-14-27-21(19)22(28)29/h1,3,12,14-16,18H,2,4-11,13,25H2/t16?,18-,23-. The quantitative estimate of drug-likeness (QED) is 0.812. The van der Waals surface area contributed by atoms with Gasteiger partial charge in [0, 0.05) is 29.1 Å². The van der Waals surface area contributed by atoms with Crippen molar-refractivity contribution in [1.82, 2.24) is 14.9 Å². The number of nitrogens with zero attached hydrogens (tertiary/aromatic N) is 3. The van der Waals surface area contributed by atoms with Gasteiger partial charge < -0.3 is 10.6 Å². The van der Waals surface area contributed by atoms with Gasteiger partial charge in [-0.05, 0) is 75.3 Å². The van der Waals surface area contributed by atoms with Crippen molar-refractivity contribution in [3.8, 4) is 0 Å². The molecule has 1 aromatic heterocycles. The molecule has 1 unspecified atom stereocenters. The summed E-state index contributed by atoms with van der Waals surface area (Å²) >= 11 is 6.27. The summed E-state index contributed by atoms with van der Waals surface area (Å²) in [6, 6.07) is 0.285. The molecule has 3 aliphatic carbocycles. The van der Waals surface area contributed by atoms with Gasteiger partial charge in [-0.25, -0.2) is 9.97 Å². The van der Waals surface area contributed by atoms with E-state index in [4.69, 9.17) is 17.3 Å². The van der Waals surface area contributed by atoms with Crippen LogP contribution in [0.15, 0.2) is 29.6 Å². The van der Waals surface area contributed by atoms with Gasteiger partial charge in [0.1, 0.15) is 12.0 Å². The Morgan fingerprint density at radius 2 is 2.00 bits per heavy atom. The molecule has 1 amide bonds. The van der Waals surface area contributed by atoms with Crippen molar-refractivity contribution in [2.75, 3.05) is 13.1 Å². The van der Waals surface area contributed by atoms with Gasteiger partial charge in [-0.2, -0.15) is 0 Å². The second kappa shape index (κ2) is 7.51. The highest BCUT2D eigenvalue weighted by molar-refractivity contribution is 6.31. The van der Waals surface area contributed by atoms with Gasteiger partial charge in [0.05, 0.1) is 5.69 Å². The first-order valence-electron chi connectivity index (χ1n) is 11.0. The number of rotatable bonds is 4. The number of halogens is 1. The van der Waals surface area contributed by atoms with E-state index >= 15 is 0 Å². The molecule has 1 atom stereocenters. The monoisotopic (exact) mass is 412 g/mol. The van der Waals surface area contributed by atoms with E-state index in [1.807, 2.05) is 6.08 Å². The number of fused-ring (bicyclic) bond motifs is 1. The topological polar surface area (TPSA) is 72.1 Å². The number of carbonyl (C=O) groups is 1. The van der Waals surface area contributed by atoms with Gasteiger partial charge >= 0.3 is 0 Å². The third-order valence-corrected chi connectivity index (χ3v) is 7.87. The predicted octanol–water partition coefficient (Wildman–Crippen LogP) is 3.94. The third-order valence-electron chi connectivity index (χ3n) is 7.62. The minimum Gasteiger partial charge on any atom is -0.334 e. The number of nitrogens with two attached hydrogens (primary N) is 1. The maximum absolute atomic E-state index is 13.3. The van der Waals surface area contributed by atoms with E-state index in [1.54, 1.807) is 6.33 Å². The number of aromatic nitrogens is 2. The van der Waals surface area contributed by atoms with Crippen molar-refractivity contribution >= 4 is 17.5 Å². The van der Waals surface area contributed by atoms with Crippen LogP contribution in [0.2, 0.25) is 0 Å². The van der Waals surface area contributed by atoms with Crippen molar-refractivity contribution < 1.29 is 4.79 Å². The summed E-state index contributed by atoms with van der Waals surface area (Å²) in [7, 11) is 0. The minimum atomic E-state index is 0.0967. The summed E-state index contributed by atoms with van der Waals surface area (Å²) in [5.41, 5.74) is 9.27. The number of hydrogen-bond acceptors (Lipinski definition) is 4. The molecule has 2 heterocycles. The van der Waals surface area contributed by atoms with E-state index in [1.165, 1.54) is 12.8 Å². The van der Waals surface area contributed by atoms with Crippen molar-refractivity contribution in [1.29, 1.82) is 0 Å². The predicted molar refractivity (Wildman–Crippen MR) is 114 cm³/mol. The maximum atomic E-state index is 13.3. The van der Waals surface area contributed by atoms with Crippen molar-refractivity contribution in [2.45, 2.75) is 63.3 Å². The van der Waals surface area contributed by atoms with Gasteiger partial charge in [-0.3, -0.25) is 4.79 Å². The molecule has 0 aromatic carbocycles. The molecular weight excluding hydrogens is 384 g/mol. The fraction of sp³-hybridized carbons (Fsp3) is 0.609. The van der Waals surface area contributed by atoms with Crippen LogP contribution in [0, 0.1) is 11.3 Å². The average molecular weight is 413 g/mol. The second-order valence-corrected chi connectivity index (χ2v) is 9.64. The lowest BCUT2D eigenvalue weighted by molar-refractivity contribution is 0.0430. The van der Waals surface area contributed by atoms with E-state index in [0.29, 0.717) is 24.1 Å². The second-order valence-electron chi connectivity index (χ2n) is 9.20. The summed E-state index contributed by atoms with van der Waals surface area (Å²) < 4.78 is 0. The maximum Gasteiger partial charge on any atom is 0.273 e. The van der Waals surface area contributed by atoms with Crippen LogP contribution in [0.3, 0.4) is 0 Å². The van der Waals surface area contributed by atoms with Crippen LogP contribution in [0.5, 0.6) is 0 Å². The highest BCUT2D eigenvalue weighted by Crippen LogP contribution is 2.47. The van der Waals surface area contributed by atoms with Gasteiger partial charge in [-0.15, -0.1) is 0 Å². The van der Waals surface area contributed by atoms with E-state index < -0.39 is 0 Å². The molecule has 154 valence electrons. The van der Waals surface area contributed by atoms with Crippen LogP contribution >= 0.6 is 11.6 Å². The number of amides is 1. The smallest absolute Gasteiger partial charge is 0.273 e. The zero-order valence-electron chi connectivity index (χ0n) is 16.8. The SMILES string of the molecule is NC[C@]1(C2C=C(Cl)C=CC2)CC[C@H](N2CCc3c(ncnc3C3CC3)C2=O)CC1. The Bertz CT molecular complexity index is 868. The normalized spacial score (nSPS) is 32.1. The Labute approximate surface area is 177 Å². The highest BCUT2D eigenvalue weighted by Gasteiger charge is 2.43. The molecule has 29 heavy (non-hydrogen) atoms. The van der Waals surface area contributed by atoms with Gasteiger partial charge in [0.25, 0.3) is 5.91 Å². The van der Waals surface area contributed by atoms with Crippen LogP contribution in [0.1, 0.15) is 72.6 Å². The van der Waals surface area contributed by atoms with Crippen molar-refractivity contribution in [2.24, 2.45) is 17.1 Å². The summed E-state index contributed by atoms with van der Waals surface area (Å²) in [6.07, 6.45) is 16.3. The van der Waals surface area contributed by atoms with E-state index in [-0.39, 0.29) is 17.4 Å². The lowest BCUT2D eigenvalue weighted by Crippen LogP contribution is -2.50. The molecule has 2 N–H and O–H groups in total. The van der Waals surface area contributed by atoms with Gasteiger partial charge in [0.2, 0.25) is 0 Å². The average Bonchev–Trinajstić information content (AvgIpc) is 3.59. The molecule has 2 saturated carbocycles. The first-order valence-corrected chi connectivity index (χ1v) is 11.4. The molecule has 2 fully saturated rings. The summed E-state index contributed by atoms with van der Waals surface area (Å²) in [5, 5.41) is 0.824. The fourth-order valence-electron chi connectivity index (χ4n) is 5.67. The number of carbonyl (C=O) groups excluding carboxylic acids is 1. The van der Waals surface area contributed by atoms with Crippen LogP contribution in [-0.4, -0.2) is 39.9 Å². The third kappa shape index (κ3) is 3.42. The van der Waals surface area contributed by atoms with Gasteiger partial charge in [0.15, 0.2) is 0 Å². The Morgan fingerprint density at radius 1 is 1.21 bits per heavy atom. The fourth-order valence-corrected chi connectivity index (χ4v) is 5.91. The Morgan fingerprint density at radius 3 is 2.69 bits per heavy atom.